The lowest BCUT2D eigenvalue weighted by molar-refractivity contribution is 0.0934. The number of methoxy groups -OCH3 is 1. The van der Waals surface area contributed by atoms with Crippen molar-refractivity contribution in [2.75, 3.05) is 43.6 Å². The summed E-state index contributed by atoms with van der Waals surface area (Å²) in [7, 11) is 1.56. The first-order chi connectivity index (χ1) is 16.0. The number of pyridine rings is 1. The Bertz CT molecular complexity index is 1080. The molecule has 0 radical (unpaired) electrons. The van der Waals surface area contributed by atoms with Gasteiger partial charge < -0.3 is 25.0 Å². The van der Waals surface area contributed by atoms with Crippen LogP contribution in [0.4, 0.5) is 17.5 Å². The molecule has 9 nitrogen and oxygen atoms in total. The predicted octanol–water partition coefficient (Wildman–Crippen LogP) is 3.26. The number of hydrogen-bond acceptors (Lipinski definition) is 8. The maximum atomic E-state index is 12.7. The summed E-state index contributed by atoms with van der Waals surface area (Å²) < 4.78 is 10.6. The molecule has 2 N–H and O–H groups in total. The normalized spacial score (nSPS) is 14.5. The fourth-order valence-corrected chi connectivity index (χ4v) is 3.41. The standard InChI is InChI=1S/C24H28N6O3/c1-16-4-6-18(7-5-16)27-22-14-21(28-24(29-22)30-10-12-33-13-11-30)17(2)26-23(31)20-9-8-19(32-3)15-25-20/h4-9,14-15,17H,10-13H2,1-3H3,(H,26,31)(H,27,28,29)/t17-/m0/s1. The highest BCUT2D eigenvalue weighted by atomic mass is 16.5. The number of carbonyl (C=O) groups is 1. The van der Waals surface area contributed by atoms with Crippen LogP contribution in [0.3, 0.4) is 0 Å². The van der Waals surface area contributed by atoms with E-state index in [-0.39, 0.29) is 11.9 Å². The van der Waals surface area contributed by atoms with Crippen LogP contribution in [0.2, 0.25) is 0 Å². The van der Waals surface area contributed by atoms with E-state index in [0.717, 1.165) is 5.69 Å². The van der Waals surface area contributed by atoms with E-state index >= 15 is 0 Å². The molecule has 172 valence electrons. The Kier molecular flexibility index (Phi) is 6.99. The summed E-state index contributed by atoms with van der Waals surface area (Å²) in [5.41, 5.74) is 3.12. The SMILES string of the molecule is COc1ccc(C(=O)N[C@@H](C)c2cc(Nc3ccc(C)cc3)nc(N3CCOCC3)n2)nc1. The Morgan fingerprint density at radius 3 is 2.55 bits per heavy atom. The van der Waals surface area contributed by atoms with Crippen LogP contribution in [0.25, 0.3) is 0 Å². The number of hydrogen-bond donors (Lipinski definition) is 2. The minimum Gasteiger partial charge on any atom is -0.495 e. The first-order valence-corrected chi connectivity index (χ1v) is 10.9. The van der Waals surface area contributed by atoms with Crippen LogP contribution in [0.1, 0.15) is 34.7 Å². The molecule has 1 aliphatic rings. The number of nitrogens with one attached hydrogen (secondary N) is 2. The van der Waals surface area contributed by atoms with Gasteiger partial charge in [0.2, 0.25) is 5.95 Å². The van der Waals surface area contributed by atoms with Crippen LogP contribution >= 0.6 is 0 Å². The molecule has 1 aliphatic heterocycles. The van der Waals surface area contributed by atoms with Crippen molar-refractivity contribution < 1.29 is 14.3 Å². The molecule has 1 atom stereocenters. The van der Waals surface area contributed by atoms with Gasteiger partial charge >= 0.3 is 0 Å². The molecule has 1 amide bonds. The van der Waals surface area contributed by atoms with E-state index in [2.05, 4.69) is 20.5 Å². The Morgan fingerprint density at radius 1 is 1.12 bits per heavy atom. The summed E-state index contributed by atoms with van der Waals surface area (Å²) in [6.07, 6.45) is 1.52. The predicted molar refractivity (Wildman–Crippen MR) is 126 cm³/mol. The monoisotopic (exact) mass is 448 g/mol. The fourth-order valence-electron chi connectivity index (χ4n) is 3.41. The van der Waals surface area contributed by atoms with Crippen molar-refractivity contribution in [3.8, 4) is 5.75 Å². The lowest BCUT2D eigenvalue weighted by Crippen LogP contribution is -2.38. The van der Waals surface area contributed by atoms with Gasteiger partial charge in [-0.1, -0.05) is 17.7 Å². The molecule has 0 spiro atoms. The number of ether oxygens (including phenoxy) is 2. The molecule has 3 heterocycles. The molecule has 0 aliphatic carbocycles. The number of anilines is 3. The van der Waals surface area contributed by atoms with Crippen molar-refractivity contribution in [3.05, 3.63) is 65.6 Å². The van der Waals surface area contributed by atoms with Gasteiger partial charge in [0.25, 0.3) is 5.91 Å². The van der Waals surface area contributed by atoms with Crippen molar-refractivity contribution in [2.24, 2.45) is 0 Å². The highest BCUT2D eigenvalue weighted by Gasteiger charge is 2.20. The maximum absolute atomic E-state index is 12.7. The molecule has 1 aromatic carbocycles. The molecular weight excluding hydrogens is 420 g/mol. The number of carbonyl (C=O) groups excluding carboxylic acids is 1. The molecule has 9 heteroatoms. The minimum atomic E-state index is -0.359. The van der Waals surface area contributed by atoms with E-state index in [4.69, 9.17) is 19.4 Å². The van der Waals surface area contributed by atoms with Crippen molar-refractivity contribution >= 4 is 23.4 Å². The molecular formula is C24H28N6O3. The van der Waals surface area contributed by atoms with Crippen LogP contribution < -0.4 is 20.3 Å². The maximum Gasteiger partial charge on any atom is 0.270 e. The quantitative estimate of drug-likeness (QED) is 0.568. The summed E-state index contributed by atoms with van der Waals surface area (Å²) in [5.74, 6) is 1.57. The Morgan fingerprint density at radius 2 is 1.88 bits per heavy atom. The number of nitrogens with zero attached hydrogens (tertiary/aromatic N) is 4. The molecule has 0 bridgehead atoms. The van der Waals surface area contributed by atoms with Gasteiger partial charge in [0.05, 0.1) is 38.3 Å². The molecule has 2 aromatic heterocycles. The van der Waals surface area contributed by atoms with Gasteiger partial charge in [-0.25, -0.2) is 9.97 Å². The van der Waals surface area contributed by atoms with Gasteiger partial charge in [0.15, 0.2) is 0 Å². The van der Waals surface area contributed by atoms with E-state index in [1.54, 1.807) is 19.2 Å². The Balaban J connectivity index is 1.57. The molecule has 1 saturated heterocycles. The number of amides is 1. The van der Waals surface area contributed by atoms with E-state index < -0.39 is 0 Å². The summed E-state index contributed by atoms with van der Waals surface area (Å²) in [6, 6.07) is 12.9. The van der Waals surface area contributed by atoms with Crippen molar-refractivity contribution in [1.82, 2.24) is 20.3 Å². The molecule has 0 saturated carbocycles. The average Bonchev–Trinajstić information content (AvgIpc) is 2.86. The first-order valence-electron chi connectivity index (χ1n) is 10.9. The second-order valence-corrected chi connectivity index (χ2v) is 7.85. The largest absolute Gasteiger partial charge is 0.495 e. The van der Waals surface area contributed by atoms with Crippen molar-refractivity contribution in [3.63, 3.8) is 0 Å². The van der Waals surface area contributed by atoms with Gasteiger partial charge in [0, 0.05) is 24.8 Å². The fraction of sp³-hybridized carbons (Fsp3) is 0.333. The van der Waals surface area contributed by atoms with Gasteiger partial charge in [-0.2, -0.15) is 4.98 Å². The van der Waals surface area contributed by atoms with E-state index in [0.29, 0.717) is 55.2 Å². The van der Waals surface area contributed by atoms with Crippen LogP contribution in [-0.2, 0) is 4.74 Å². The second kappa shape index (κ2) is 10.3. The van der Waals surface area contributed by atoms with Crippen LogP contribution in [0, 0.1) is 6.92 Å². The summed E-state index contributed by atoms with van der Waals surface area (Å²) >= 11 is 0. The van der Waals surface area contributed by atoms with E-state index in [9.17, 15) is 4.79 Å². The Labute approximate surface area is 193 Å². The van der Waals surface area contributed by atoms with Gasteiger partial charge in [-0.15, -0.1) is 0 Å². The second-order valence-electron chi connectivity index (χ2n) is 7.85. The number of rotatable bonds is 7. The topological polar surface area (TPSA) is 102 Å². The summed E-state index contributed by atoms with van der Waals surface area (Å²) in [6.45, 7) is 6.62. The first kappa shape index (κ1) is 22.5. The van der Waals surface area contributed by atoms with Gasteiger partial charge in [-0.05, 0) is 38.1 Å². The minimum absolute atomic E-state index is 0.287. The van der Waals surface area contributed by atoms with Crippen molar-refractivity contribution in [1.29, 1.82) is 0 Å². The molecule has 4 rings (SSSR count). The van der Waals surface area contributed by atoms with E-state index in [1.807, 2.05) is 44.2 Å². The lowest BCUT2D eigenvalue weighted by Gasteiger charge is -2.28. The highest BCUT2D eigenvalue weighted by molar-refractivity contribution is 5.92. The molecule has 1 fully saturated rings. The van der Waals surface area contributed by atoms with Gasteiger partial charge in [-0.3, -0.25) is 4.79 Å². The number of benzene rings is 1. The number of aryl methyl sites for hydroxylation is 1. The third-order valence-corrected chi connectivity index (χ3v) is 5.35. The average molecular weight is 449 g/mol. The third kappa shape index (κ3) is 5.75. The van der Waals surface area contributed by atoms with Gasteiger partial charge in [0.1, 0.15) is 17.3 Å². The zero-order valence-corrected chi connectivity index (χ0v) is 19.0. The third-order valence-electron chi connectivity index (χ3n) is 5.35. The van der Waals surface area contributed by atoms with Crippen LogP contribution in [0.5, 0.6) is 5.75 Å². The Hall–Kier alpha value is -3.72. The number of morpholine rings is 1. The molecule has 3 aromatic rings. The lowest BCUT2D eigenvalue weighted by atomic mass is 10.2. The zero-order valence-electron chi connectivity index (χ0n) is 19.0. The van der Waals surface area contributed by atoms with Crippen molar-refractivity contribution in [2.45, 2.75) is 19.9 Å². The zero-order chi connectivity index (χ0) is 23.2. The molecule has 0 unspecified atom stereocenters. The summed E-state index contributed by atoms with van der Waals surface area (Å²) in [4.78, 5) is 28.4. The smallest absolute Gasteiger partial charge is 0.270 e. The highest BCUT2D eigenvalue weighted by Crippen LogP contribution is 2.23. The van der Waals surface area contributed by atoms with E-state index in [1.165, 1.54) is 11.8 Å². The summed E-state index contributed by atoms with van der Waals surface area (Å²) in [5, 5.41) is 6.33. The molecule has 33 heavy (non-hydrogen) atoms. The van der Waals surface area contributed by atoms with Crippen LogP contribution in [0.15, 0.2) is 48.7 Å². The number of aromatic nitrogens is 3. The van der Waals surface area contributed by atoms with Crippen LogP contribution in [-0.4, -0.2) is 54.3 Å².